The highest BCUT2D eigenvalue weighted by Crippen LogP contribution is 2.26. The van der Waals surface area contributed by atoms with Crippen molar-refractivity contribution in [3.63, 3.8) is 0 Å². The molecule has 0 atom stereocenters. The van der Waals surface area contributed by atoms with Gasteiger partial charge in [-0.3, -0.25) is 4.79 Å². The third kappa shape index (κ3) is 4.89. The average Bonchev–Trinajstić information content (AvgIpc) is 2.78. The summed E-state index contributed by atoms with van der Waals surface area (Å²) in [4.78, 5) is 17.8. The number of carbonyl (C=O) groups excluding carboxylic acids is 1. The molecule has 1 heterocycles. The summed E-state index contributed by atoms with van der Waals surface area (Å²) >= 11 is 0. The molecule has 1 amide bonds. The molecule has 1 N–H and O–H groups in total. The van der Waals surface area contributed by atoms with E-state index in [1.807, 2.05) is 62.4 Å². The molecule has 0 spiro atoms. The Kier molecular flexibility index (Phi) is 5.94. The third-order valence-electron chi connectivity index (χ3n) is 4.85. The van der Waals surface area contributed by atoms with Gasteiger partial charge in [-0.25, -0.2) is 9.37 Å². The highest BCUT2D eigenvalue weighted by atomic mass is 19.1. The number of nitrogens with one attached hydrogen (secondary N) is 1. The number of rotatable bonds is 6. The Morgan fingerprint density at radius 3 is 2.42 bits per heavy atom. The van der Waals surface area contributed by atoms with Gasteiger partial charge in [0.1, 0.15) is 11.6 Å². The number of pyridine rings is 1. The summed E-state index contributed by atoms with van der Waals surface area (Å²) < 4.78 is 18.8. The molecule has 0 bridgehead atoms. The van der Waals surface area contributed by atoms with Crippen molar-refractivity contribution in [1.82, 2.24) is 10.3 Å². The van der Waals surface area contributed by atoms with Gasteiger partial charge >= 0.3 is 0 Å². The Morgan fingerprint density at radius 1 is 1.00 bits per heavy atom. The molecular formula is C26H23FN2O2. The molecule has 1 aromatic heterocycles. The Bertz CT molecular complexity index is 1200. The highest BCUT2D eigenvalue weighted by molar-refractivity contribution is 6.07. The predicted octanol–water partition coefficient (Wildman–Crippen LogP) is 5.76. The topological polar surface area (TPSA) is 51.2 Å². The summed E-state index contributed by atoms with van der Waals surface area (Å²) in [5.74, 6) is 0.283. The predicted molar refractivity (Wildman–Crippen MR) is 121 cm³/mol. The minimum absolute atomic E-state index is 0.0982. The van der Waals surface area contributed by atoms with E-state index in [0.29, 0.717) is 17.8 Å². The number of halogens is 1. The summed E-state index contributed by atoms with van der Waals surface area (Å²) in [6, 6.07) is 23.1. The number of aromatic nitrogens is 1. The second kappa shape index (κ2) is 8.96. The van der Waals surface area contributed by atoms with E-state index < -0.39 is 0 Å². The molecule has 5 heteroatoms. The number of para-hydroxylation sites is 1. The smallest absolute Gasteiger partial charge is 0.252 e. The Balaban J connectivity index is 1.64. The van der Waals surface area contributed by atoms with Crippen LogP contribution in [0.25, 0.3) is 22.2 Å². The molecule has 4 rings (SSSR count). The van der Waals surface area contributed by atoms with Crippen LogP contribution in [0.15, 0.2) is 78.9 Å². The van der Waals surface area contributed by atoms with Crippen LogP contribution in [0.1, 0.15) is 29.8 Å². The SMILES string of the molecule is CC(C)Oc1ccc(-c2cc(C(=O)NCc3ccc(F)cc3)c3ccccc3n2)cc1. The van der Waals surface area contributed by atoms with Gasteiger partial charge in [-0.1, -0.05) is 30.3 Å². The first kappa shape index (κ1) is 20.5. The van der Waals surface area contributed by atoms with E-state index >= 15 is 0 Å². The third-order valence-corrected chi connectivity index (χ3v) is 4.85. The van der Waals surface area contributed by atoms with Crippen molar-refractivity contribution >= 4 is 16.8 Å². The van der Waals surface area contributed by atoms with Crippen LogP contribution in [0.2, 0.25) is 0 Å². The first-order valence-corrected chi connectivity index (χ1v) is 10.2. The lowest BCUT2D eigenvalue weighted by Gasteiger charge is -2.12. The normalized spacial score (nSPS) is 11.0. The van der Waals surface area contributed by atoms with Crippen LogP contribution in [0, 0.1) is 5.82 Å². The lowest BCUT2D eigenvalue weighted by atomic mass is 10.0. The molecule has 4 aromatic rings. The quantitative estimate of drug-likeness (QED) is 0.437. The van der Waals surface area contributed by atoms with E-state index in [4.69, 9.17) is 9.72 Å². The number of amides is 1. The van der Waals surface area contributed by atoms with E-state index in [1.54, 1.807) is 18.2 Å². The van der Waals surface area contributed by atoms with E-state index in [-0.39, 0.29) is 17.8 Å². The lowest BCUT2D eigenvalue weighted by Crippen LogP contribution is -2.23. The zero-order valence-electron chi connectivity index (χ0n) is 17.4. The minimum atomic E-state index is -0.301. The molecule has 0 aliphatic heterocycles. The van der Waals surface area contributed by atoms with Crippen LogP contribution in [0.3, 0.4) is 0 Å². The number of hydrogen-bond donors (Lipinski definition) is 1. The average molecular weight is 414 g/mol. The first-order valence-electron chi connectivity index (χ1n) is 10.2. The number of hydrogen-bond acceptors (Lipinski definition) is 3. The van der Waals surface area contributed by atoms with Crippen LogP contribution >= 0.6 is 0 Å². The van der Waals surface area contributed by atoms with Gasteiger partial charge in [0.05, 0.1) is 22.9 Å². The van der Waals surface area contributed by atoms with Gasteiger partial charge in [-0.05, 0) is 67.9 Å². The molecule has 156 valence electrons. The fourth-order valence-corrected chi connectivity index (χ4v) is 3.37. The molecule has 0 radical (unpaired) electrons. The molecule has 0 aliphatic carbocycles. The van der Waals surface area contributed by atoms with Gasteiger partial charge in [0.2, 0.25) is 0 Å². The molecule has 31 heavy (non-hydrogen) atoms. The van der Waals surface area contributed by atoms with Crippen molar-refractivity contribution in [2.24, 2.45) is 0 Å². The van der Waals surface area contributed by atoms with E-state index in [2.05, 4.69) is 5.32 Å². The van der Waals surface area contributed by atoms with Crippen molar-refractivity contribution in [2.75, 3.05) is 0 Å². The lowest BCUT2D eigenvalue weighted by molar-refractivity contribution is 0.0952. The molecule has 0 saturated heterocycles. The minimum Gasteiger partial charge on any atom is -0.491 e. The first-order chi connectivity index (χ1) is 15.0. The van der Waals surface area contributed by atoms with E-state index in [9.17, 15) is 9.18 Å². The van der Waals surface area contributed by atoms with E-state index in [0.717, 1.165) is 27.8 Å². The summed E-state index contributed by atoms with van der Waals surface area (Å²) in [5, 5.41) is 3.71. The van der Waals surface area contributed by atoms with Crippen molar-refractivity contribution in [2.45, 2.75) is 26.5 Å². The van der Waals surface area contributed by atoms with E-state index in [1.165, 1.54) is 12.1 Å². The van der Waals surface area contributed by atoms with Gasteiger partial charge in [0, 0.05) is 17.5 Å². The van der Waals surface area contributed by atoms with Crippen molar-refractivity contribution in [1.29, 1.82) is 0 Å². The molecular weight excluding hydrogens is 391 g/mol. The number of ether oxygens (including phenoxy) is 1. The van der Waals surface area contributed by atoms with Crippen LogP contribution in [0.5, 0.6) is 5.75 Å². The Hall–Kier alpha value is -3.73. The molecule has 0 fully saturated rings. The van der Waals surface area contributed by atoms with Gasteiger partial charge in [-0.15, -0.1) is 0 Å². The van der Waals surface area contributed by atoms with Crippen molar-refractivity contribution < 1.29 is 13.9 Å². The zero-order valence-corrected chi connectivity index (χ0v) is 17.4. The van der Waals surface area contributed by atoms with Crippen molar-refractivity contribution in [3.05, 3.63) is 95.8 Å². The highest BCUT2D eigenvalue weighted by Gasteiger charge is 2.14. The second-order valence-electron chi connectivity index (χ2n) is 7.57. The number of fused-ring (bicyclic) bond motifs is 1. The molecule has 3 aromatic carbocycles. The van der Waals surface area contributed by atoms with Crippen LogP contribution in [-0.4, -0.2) is 17.0 Å². The van der Waals surface area contributed by atoms with Crippen LogP contribution in [0.4, 0.5) is 4.39 Å². The monoisotopic (exact) mass is 414 g/mol. The zero-order chi connectivity index (χ0) is 21.8. The Labute approximate surface area is 180 Å². The standard InChI is InChI=1S/C26H23FN2O2/c1-17(2)31-21-13-9-19(10-14-21)25-15-23(22-5-3-4-6-24(22)29-25)26(30)28-16-18-7-11-20(27)12-8-18/h3-15,17H,16H2,1-2H3,(H,28,30). The summed E-state index contributed by atoms with van der Waals surface area (Å²) in [6.07, 6.45) is 0.0982. The summed E-state index contributed by atoms with van der Waals surface area (Å²) in [6.45, 7) is 4.28. The molecule has 0 unspecified atom stereocenters. The molecule has 0 aliphatic rings. The van der Waals surface area contributed by atoms with Gasteiger partial charge in [-0.2, -0.15) is 0 Å². The van der Waals surface area contributed by atoms with Gasteiger partial charge in [0.15, 0.2) is 0 Å². The number of nitrogens with zero attached hydrogens (tertiary/aromatic N) is 1. The number of carbonyl (C=O) groups is 1. The van der Waals surface area contributed by atoms with Crippen molar-refractivity contribution in [3.8, 4) is 17.0 Å². The maximum absolute atomic E-state index is 13.1. The Morgan fingerprint density at radius 2 is 1.71 bits per heavy atom. The summed E-state index contributed by atoms with van der Waals surface area (Å²) in [5.41, 5.74) is 3.73. The van der Waals surface area contributed by atoms with Gasteiger partial charge < -0.3 is 10.1 Å². The fourth-order valence-electron chi connectivity index (χ4n) is 3.37. The van der Waals surface area contributed by atoms with Gasteiger partial charge in [0.25, 0.3) is 5.91 Å². The maximum Gasteiger partial charge on any atom is 0.252 e. The number of benzene rings is 3. The summed E-state index contributed by atoms with van der Waals surface area (Å²) in [7, 11) is 0. The molecule has 0 saturated carbocycles. The largest absolute Gasteiger partial charge is 0.491 e. The second-order valence-corrected chi connectivity index (χ2v) is 7.57. The van der Waals surface area contributed by atoms with Crippen LogP contribution in [-0.2, 0) is 6.54 Å². The molecule has 4 nitrogen and oxygen atoms in total. The fraction of sp³-hybridized carbons (Fsp3) is 0.154. The maximum atomic E-state index is 13.1. The van der Waals surface area contributed by atoms with Crippen LogP contribution < -0.4 is 10.1 Å².